The van der Waals surface area contributed by atoms with Gasteiger partial charge in [0.1, 0.15) is 0 Å². The lowest BCUT2D eigenvalue weighted by Crippen LogP contribution is -2.55. The highest BCUT2D eigenvalue weighted by Crippen LogP contribution is 2.23. The Hall–Kier alpha value is -1.59. The molecule has 1 heterocycles. The maximum absolute atomic E-state index is 12.6. The van der Waals surface area contributed by atoms with Crippen LogP contribution in [0.3, 0.4) is 0 Å². The highest BCUT2D eigenvalue weighted by atomic mass is 16.5. The molecule has 1 aliphatic heterocycles. The molecule has 2 rings (SSSR count). The molecule has 19 heavy (non-hydrogen) atoms. The number of morpholine rings is 1. The van der Waals surface area contributed by atoms with E-state index in [1.54, 1.807) is 6.07 Å². The fraction of sp³-hybridized carbons (Fsp3) is 0.500. The molecule has 5 nitrogen and oxygen atoms in total. The molecule has 1 amide bonds. The van der Waals surface area contributed by atoms with Crippen LogP contribution in [-0.4, -0.2) is 36.1 Å². The summed E-state index contributed by atoms with van der Waals surface area (Å²) in [7, 11) is 0. The first kappa shape index (κ1) is 13.8. The van der Waals surface area contributed by atoms with Gasteiger partial charge < -0.3 is 15.1 Å². The zero-order valence-corrected chi connectivity index (χ0v) is 11.7. The molecule has 1 aromatic carbocycles. The second-order valence-corrected chi connectivity index (χ2v) is 5.50. The smallest absolute Gasteiger partial charge is 0.254 e. The van der Waals surface area contributed by atoms with Crippen LogP contribution in [-0.2, 0) is 4.74 Å². The van der Waals surface area contributed by atoms with E-state index >= 15 is 0 Å². The molecule has 104 valence electrons. The fourth-order valence-corrected chi connectivity index (χ4v) is 2.35. The molecule has 0 saturated carbocycles. The van der Waals surface area contributed by atoms with Gasteiger partial charge in [-0.25, -0.2) is 0 Å². The van der Waals surface area contributed by atoms with Crippen molar-refractivity contribution in [2.45, 2.75) is 26.3 Å². The van der Waals surface area contributed by atoms with E-state index in [4.69, 9.17) is 10.6 Å². The number of nitrogens with two attached hydrogens (primary N) is 1. The number of hydrogen-bond acceptors (Lipinski definition) is 4. The number of rotatable bonds is 2. The van der Waals surface area contributed by atoms with Gasteiger partial charge >= 0.3 is 0 Å². The number of anilines is 1. The molecule has 1 aromatic rings. The first-order valence-electron chi connectivity index (χ1n) is 6.43. The largest absolute Gasteiger partial charge is 0.377 e. The van der Waals surface area contributed by atoms with Gasteiger partial charge in [-0.3, -0.25) is 10.6 Å². The highest BCUT2D eigenvalue weighted by molar-refractivity contribution is 5.95. The molecule has 1 aliphatic rings. The van der Waals surface area contributed by atoms with E-state index in [0.29, 0.717) is 25.3 Å². The number of benzene rings is 1. The first-order valence-corrected chi connectivity index (χ1v) is 6.43. The van der Waals surface area contributed by atoms with Crippen molar-refractivity contribution in [3.8, 4) is 0 Å². The Morgan fingerprint density at radius 1 is 1.47 bits per heavy atom. The topological polar surface area (TPSA) is 67.6 Å². The molecular formula is C14H21N3O2. The van der Waals surface area contributed by atoms with E-state index < -0.39 is 0 Å². The van der Waals surface area contributed by atoms with Gasteiger partial charge in [-0.05, 0) is 44.5 Å². The number of carbonyl (C=O) groups is 1. The SMILES string of the molecule is Cc1cc(C(=O)N2CCOCC2(C)C)ccc1NN. The number of hydrazine groups is 1. The van der Waals surface area contributed by atoms with Crippen molar-refractivity contribution in [2.75, 3.05) is 25.2 Å². The Labute approximate surface area is 113 Å². The van der Waals surface area contributed by atoms with Crippen LogP contribution in [0.5, 0.6) is 0 Å². The van der Waals surface area contributed by atoms with Crippen molar-refractivity contribution in [1.82, 2.24) is 4.90 Å². The van der Waals surface area contributed by atoms with E-state index in [-0.39, 0.29) is 11.4 Å². The summed E-state index contributed by atoms with van der Waals surface area (Å²) in [4.78, 5) is 14.5. The minimum absolute atomic E-state index is 0.0416. The van der Waals surface area contributed by atoms with Gasteiger partial charge in [0.15, 0.2) is 0 Å². The highest BCUT2D eigenvalue weighted by Gasteiger charge is 2.34. The summed E-state index contributed by atoms with van der Waals surface area (Å²) in [5.74, 6) is 5.44. The minimum atomic E-state index is -0.270. The number of carbonyl (C=O) groups excluding carboxylic acids is 1. The van der Waals surface area contributed by atoms with Gasteiger partial charge in [-0.2, -0.15) is 0 Å². The van der Waals surface area contributed by atoms with Gasteiger partial charge in [-0.1, -0.05) is 0 Å². The molecule has 0 unspecified atom stereocenters. The summed E-state index contributed by atoms with van der Waals surface area (Å²) in [6.07, 6.45) is 0. The molecule has 1 saturated heterocycles. The Morgan fingerprint density at radius 2 is 2.21 bits per heavy atom. The van der Waals surface area contributed by atoms with Crippen molar-refractivity contribution in [3.05, 3.63) is 29.3 Å². The number of nitrogens with zero attached hydrogens (tertiary/aromatic N) is 1. The average Bonchev–Trinajstić information content (AvgIpc) is 2.37. The number of ether oxygens (including phenoxy) is 1. The van der Waals surface area contributed by atoms with Crippen molar-refractivity contribution in [1.29, 1.82) is 0 Å². The maximum Gasteiger partial charge on any atom is 0.254 e. The fourth-order valence-electron chi connectivity index (χ4n) is 2.35. The van der Waals surface area contributed by atoms with Crippen molar-refractivity contribution in [2.24, 2.45) is 5.84 Å². The molecule has 5 heteroatoms. The van der Waals surface area contributed by atoms with E-state index in [2.05, 4.69) is 5.43 Å². The number of nitrogen functional groups attached to an aromatic ring is 1. The van der Waals surface area contributed by atoms with Gasteiger partial charge in [0, 0.05) is 12.1 Å². The lowest BCUT2D eigenvalue weighted by molar-refractivity contribution is -0.0370. The molecule has 3 N–H and O–H groups in total. The van der Waals surface area contributed by atoms with Crippen LogP contribution < -0.4 is 11.3 Å². The summed E-state index contributed by atoms with van der Waals surface area (Å²) in [6.45, 7) is 7.76. The summed E-state index contributed by atoms with van der Waals surface area (Å²) < 4.78 is 5.44. The summed E-state index contributed by atoms with van der Waals surface area (Å²) in [6, 6.07) is 5.50. The molecule has 0 spiro atoms. The molecule has 0 atom stereocenters. The van der Waals surface area contributed by atoms with Crippen LogP contribution in [0.1, 0.15) is 29.8 Å². The number of amides is 1. The summed E-state index contributed by atoms with van der Waals surface area (Å²) >= 11 is 0. The minimum Gasteiger partial charge on any atom is -0.377 e. The predicted octanol–water partition coefficient (Wildman–Crippen LogP) is 1.53. The van der Waals surface area contributed by atoms with E-state index in [1.807, 2.05) is 37.8 Å². The monoisotopic (exact) mass is 263 g/mol. The third-order valence-electron chi connectivity index (χ3n) is 3.52. The Kier molecular flexibility index (Phi) is 3.78. The number of nitrogens with one attached hydrogen (secondary N) is 1. The molecule has 0 aromatic heterocycles. The summed E-state index contributed by atoms with van der Waals surface area (Å²) in [5, 5.41) is 0. The molecule has 0 aliphatic carbocycles. The third-order valence-corrected chi connectivity index (χ3v) is 3.52. The molecule has 0 radical (unpaired) electrons. The van der Waals surface area contributed by atoms with Crippen LogP contribution in [0, 0.1) is 6.92 Å². The van der Waals surface area contributed by atoms with Crippen molar-refractivity contribution in [3.63, 3.8) is 0 Å². The van der Waals surface area contributed by atoms with Gasteiger partial charge in [0.2, 0.25) is 0 Å². The number of hydrogen-bond donors (Lipinski definition) is 2. The lowest BCUT2D eigenvalue weighted by Gasteiger charge is -2.42. The van der Waals surface area contributed by atoms with Crippen LogP contribution >= 0.6 is 0 Å². The second kappa shape index (κ2) is 5.19. The van der Waals surface area contributed by atoms with Crippen molar-refractivity contribution < 1.29 is 9.53 Å². The van der Waals surface area contributed by atoms with Gasteiger partial charge in [0.05, 0.1) is 24.4 Å². The van der Waals surface area contributed by atoms with Crippen LogP contribution in [0.15, 0.2) is 18.2 Å². The first-order chi connectivity index (χ1) is 8.95. The van der Waals surface area contributed by atoms with E-state index in [9.17, 15) is 4.79 Å². The number of aryl methyl sites for hydroxylation is 1. The quantitative estimate of drug-likeness (QED) is 0.627. The van der Waals surface area contributed by atoms with Crippen LogP contribution in [0.4, 0.5) is 5.69 Å². The zero-order valence-electron chi connectivity index (χ0n) is 11.7. The molecular weight excluding hydrogens is 242 g/mol. The Morgan fingerprint density at radius 3 is 2.79 bits per heavy atom. The standard InChI is InChI=1S/C14H21N3O2/c1-10-8-11(4-5-12(10)16-15)13(18)17-6-7-19-9-14(17,2)3/h4-5,8,16H,6-7,9,15H2,1-3H3. The van der Waals surface area contributed by atoms with Crippen LogP contribution in [0.25, 0.3) is 0 Å². The Balaban J connectivity index is 2.26. The zero-order chi connectivity index (χ0) is 14.0. The maximum atomic E-state index is 12.6. The third kappa shape index (κ3) is 2.72. The summed E-state index contributed by atoms with van der Waals surface area (Å²) in [5.41, 5.74) is 4.82. The predicted molar refractivity (Wildman–Crippen MR) is 74.9 cm³/mol. The van der Waals surface area contributed by atoms with Gasteiger partial charge in [-0.15, -0.1) is 0 Å². The molecule has 1 fully saturated rings. The van der Waals surface area contributed by atoms with Gasteiger partial charge in [0.25, 0.3) is 5.91 Å². The van der Waals surface area contributed by atoms with Crippen molar-refractivity contribution >= 4 is 11.6 Å². The second-order valence-electron chi connectivity index (χ2n) is 5.50. The lowest BCUT2D eigenvalue weighted by atomic mass is 10.00. The normalized spacial score (nSPS) is 18.2. The van der Waals surface area contributed by atoms with Crippen LogP contribution in [0.2, 0.25) is 0 Å². The van der Waals surface area contributed by atoms with E-state index in [0.717, 1.165) is 11.3 Å². The molecule has 0 bridgehead atoms. The Bertz CT molecular complexity index is 486. The van der Waals surface area contributed by atoms with E-state index in [1.165, 1.54) is 0 Å². The average molecular weight is 263 g/mol.